The minimum Gasteiger partial charge on any atom is -0.373 e. The molecule has 5 nitrogen and oxygen atoms in total. The van der Waals surface area contributed by atoms with Crippen molar-refractivity contribution in [2.24, 2.45) is 0 Å². The van der Waals surface area contributed by atoms with E-state index < -0.39 is 0 Å². The van der Waals surface area contributed by atoms with Gasteiger partial charge in [0.15, 0.2) is 0 Å². The topological polar surface area (TPSA) is 58.1 Å². The van der Waals surface area contributed by atoms with E-state index >= 15 is 0 Å². The quantitative estimate of drug-likeness (QED) is 0.906. The van der Waals surface area contributed by atoms with Crippen LogP contribution in [0.5, 0.6) is 0 Å². The summed E-state index contributed by atoms with van der Waals surface area (Å²) in [6, 6.07) is 7.26. The lowest BCUT2D eigenvalue weighted by molar-refractivity contribution is 0.0785. The Bertz CT molecular complexity index is 556. The zero-order valence-corrected chi connectivity index (χ0v) is 11.0. The monoisotopic (exact) mass is 256 g/mol. The molecular weight excluding hydrogens is 240 g/mol. The summed E-state index contributed by atoms with van der Waals surface area (Å²) in [6.07, 6.45) is 5.10. The van der Waals surface area contributed by atoms with E-state index in [0.717, 1.165) is 5.56 Å². The second-order valence-corrected chi connectivity index (χ2v) is 4.20. The van der Waals surface area contributed by atoms with Crippen LogP contribution in [-0.4, -0.2) is 34.9 Å². The molecule has 0 fully saturated rings. The fourth-order valence-electron chi connectivity index (χ4n) is 1.76. The maximum Gasteiger partial charge on any atom is 0.254 e. The Labute approximate surface area is 112 Å². The third-order valence-corrected chi connectivity index (χ3v) is 2.75. The predicted octanol–water partition coefficient (Wildman–Crippen LogP) is 1.79. The first kappa shape index (κ1) is 13.0. The highest BCUT2D eigenvalue weighted by atomic mass is 16.2. The summed E-state index contributed by atoms with van der Waals surface area (Å²) < 4.78 is 0. The van der Waals surface area contributed by atoms with Crippen molar-refractivity contribution in [2.75, 3.05) is 19.4 Å². The second-order valence-electron chi connectivity index (χ2n) is 4.20. The van der Waals surface area contributed by atoms with Gasteiger partial charge < -0.3 is 10.2 Å². The third kappa shape index (κ3) is 3.28. The first-order valence-electron chi connectivity index (χ1n) is 5.99. The van der Waals surface area contributed by atoms with Crippen molar-refractivity contribution in [1.82, 2.24) is 14.9 Å². The van der Waals surface area contributed by atoms with E-state index in [2.05, 4.69) is 15.3 Å². The molecule has 2 aromatic rings. The van der Waals surface area contributed by atoms with Crippen LogP contribution in [0.2, 0.25) is 0 Å². The number of nitrogens with zero attached hydrogens (tertiary/aromatic N) is 3. The van der Waals surface area contributed by atoms with Crippen LogP contribution in [0.1, 0.15) is 15.9 Å². The summed E-state index contributed by atoms with van der Waals surface area (Å²) in [5.74, 6) is 0.642. The largest absolute Gasteiger partial charge is 0.373 e. The molecule has 0 aliphatic carbocycles. The standard InChI is InChI=1S/C14H16N4O/c1-15-13-8-12(5-7-17-13)14(19)18(2)10-11-4-3-6-16-9-11/h3-9H,10H2,1-2H3,(H,15,17). The number of carbonyl (C=O) groups is 1. The number of carbonyl (C=O) groups excluding carboxylic acids is 1. The van der Waals surface area contributed by atoms with E-state index in [1.54, 1.807) is 49.7 Å². The van der Waals surface area contributed by atoms with Gasteiger partial charge in [-0.15, -0.1) is 0 Å². The molecule has 0 bridgehead atoms. The lowest BCUT2D eigenvalue weighted by Gasteiger charge is -2.17. The Morgan fingerprint density at radius 3 is 2.89 bits per heavy atom. The fourth-order valence-corrected chi connectivity index (χ4v) is 1.76. The van der Waals surface area contributed by atoms with Gasteiger partial charge in [0.2, 0.25) is 0 Å². The summed E-state index contributed by atoms with van der Waals surface area (Å²) in [5, 5.41) is 2.92. The highest BCUT2D eigenvalue weighted by Crippen LogP contribution is 2.10. The number of rotatable bonds is 4. The van der Waals surface area contributed by atoms with Crippen molar-refractivity contribution in [2.45, 2.75) is 6.54 Å². The molecule has 0 atom stereocenters. The van der Waals surface area contributed by atoms with E-state index in [0.29, 0.717) is 17.9 Å². The van der Waals surface area contributed by atoms with Crippen LogP contribution >= 0.6 is 0 Å². The Morgan fingerprint density at radius 1 is 1.37 bits per heavy atom. The van der Waals surface area contributed by atoms with E-state index in [1.165, 1.54) is 0 Å². The molecular formula is C14H16N4O. The maximum atomic E-state index is 12.3. The Balaban J connectivity index is 2.10. The zero-order valence-electron chi connectivity index (χ0n) is 11.0. The number of aromatic nitrogens is 2. The second kappa shape index (κ2) is 5.95. The molecule has 5 heteroatoms. The number of nitrogens with one attached hydrogen (secondary N) is 1. The Morgan fingerprint density at radius 2 is 2.21 bits per heavy atom. The number of hydrogen-bond acceptors (Lipinski definition) is 4. The summed E-state index contributed by atoms with van der Waals surface area (Å²) in [7, 11) is 3.55. The Hall–Kier alpha value is -2.43. The zero-order chi connectivity index (χ0) is 13.7. The molecule has 1 N–H and O–H groups in total. The van der Waals surface area contributed by atoms with Crippen LogP contribution < -0.4 is 5.32 Å². The molecule has 1 amide bonds. The first-order valence-corrected chi connectivity index (χ1v) is 5.99. The fraction of sp³-hybridized carbons (Fsp3) is 0.214. The maximum absolute atomic E-state index is 12.3. The minimum absolute atomic E-state index is 0.0391. The predicted molar refractivity (Wildman–Crippen MR) is 73.8 cm³/mol. The highest BCUT2D eigenvalue weighted by Gasteiger charge is 2.12. The number of hydrogen-bond donors (Lipinski definition) is 1. The van der Waals surface area contributed by atoms with Crippen LogP contribution in [0.4, 0.5) is 5.82 Å². The third-order valence-electron chi connectivity index (χ3n) is 2.75. The molecule has 2 heterocycles. The van der Waals surface area contributed by atoms with Crippen LogP contribution in [0.3, 0.4) is 0 Å². The molecule has 0 saturated carbocycles. The summed E-state index contributed by atoms with van der Waals surface area (Å²) in [6.45, 7) is 0.532. The van der Waals surface area contributed by atoms with Crippen molar-refractivity contribution < 1.29 is 4.79 Å². The van der Waals surface area contributed by atoms with E-state index in [9.17, 15) is 4.79 Å². The normalized spacial score (nSPS) is 10.0. The number of amides is 1. The first-order chi connectivity index (χ1) is 9.20. The van der Waals surface area contributed by atoms with Gasteiger partial charge >= 0.3 is 0 Å². The molecule has 0 radical (unpaired) electrons. The van der Waals surface area contributed by atoms with Gasteiger partial charge in [0.05, 0.1) is 0 Å². The van der Waals surface area contributed by atoms with E-state index in [4.69, 9.17) is 0 Å². The van der Waals surface area contributed by atoms with Gasteiger partial charge in [-0.25, -0.2) is 4.98 Å². The average Bonchev–Trinajstić information content (AvgIpc) is 2.47. The van der Waals surface area contributed by atoms with Crippen molar-refractivity contribution in [1.29, 1.82) is 0 Å². The lowest BCUT2D eigenvalue weighted by atomic mass is 10.2. The molecule has 0 aromatic carbocycles. The van der Waals surface area contributed by atoms with Crippen LogP contribution in [0.15, 0.2) is 42.9 Å². The molecule has 0 aliphatic rings. The van der Waals surface area contributed by atoms with Gasteiger partial charge in [0.25, 0.3) is 5.91 Å². The molecule has 0 spiro atoms. The van der Waals surface area contributed by atoms with Crippen molar-refractivity contribution in [3.63, 3.8) is 0 Å². The summed E-state index contributed by atoms with van der Waals surface area (Å²) >= 11 is 0. The lowest BCUT2D eigenvalue weighted by Crippen LogP contribution is -2.26. The smallest absolute Gasteiger partial charge is 0.254 e. The van der Waals surface area contributed by atoms with Crippen molar-refractivity contribution in [3.8, 4) is 0 Å². The average molecular weight is 256 g/mol. The van der Waals surface area contributed by atoms with E-state index in [1.807, 2.05) is 12.1 Å². The van der Waals surface area contributed by atoms with Crippen LogP contribution in [0.25, 0.3) is 0 Å². The van der Waals surface area contributed by atoms with Gasteiger partial charge in [-0.3, -0.25) is 9.78 Å². The van der Waals surface area contributed by atoms with Crippen molar-refractivity contribution in [3.05, 3.63) is 54.0 Å². The molecule has 0 aliphatic heterocycles. The SMILES string of the molecule is CNc1cc(C(=O)N(C)Cc2cccnc2)ccn1. The van der Waals surface area contributed by atoms with Gasteiger partial charge in [0.1, 0.15) is 5.82 Å². The number of pyridine rings is 2. The molecule has 0 saturated heterocycles. The van der Waals surface area contributed by atoms with E-state index in [-0.39, 0.29) is 5.91 Å². The molecule has 2 rings (SSSR count). The summed E-state index contributed by atoms with van der Waals surface area (Å²) in [5.41, 5.74) is 1.62. The summed E-state index contributed by atoms with van der Waals surface area (Å²) in [4.78, 5) is 22.1. The highest BCUT2D eigenvalue weighted by molar-refractivity contribution is 5.94. The van der Waals surface area contributed by atoms with Gasteiger partial charge in [-0.05, 0) is 23.8 Å². The van der Waals surface area contributed by atoms with Gasteiger partial charge in [0, 0.05) is 44.8 Å². The molecule has 19 heavy (non-hydrogen) atoms. The van der Waals surface area contributed by atoms with Gasteiger partial charge in [-0.2, -0.15) is 0 Å². The van der Waals surface area contributed by atoms with Gasteiger partial charge in [-0.1, -0.05) is 6.07 Å². The molecule has 98 valence electrons. The molecule has 0 unspecified atom stereocenters. The van der Waals surface area contributed by atoms with Crippen LogP contribution in [0, 0.1) is 0 Å². The number of anilines is 1. The minimum atomic E-state index is -0.0391. The van der Waals surface area contributed by atoms with Crippen LogP contribution in [-0.2, 0) is 6.54 Å². The molecule has 2 aromatic heterocycles. The Kier molecular flexibility index (Phi) is 4.07. The van der Waals surface area contributed by atoms with Crippen molar-refractivity contribution >= 4 is 11.7 Å².